The van der Waals surface area contributed by atoms with Crippen molar-refractivity contribution in [2.45, 2.75) is 0 Å². The minimum atomic E-state index is -0.604. The van der Waals surface area contributed by atoms with Gasteiger partial charge >= 0.3 is 5.97 Å². The van der Waals surface area contributed by atoms with Crippen LogP contribution in [0.15, 0.2) is 42.0 Å². The van der Waals surface area contributed by atoms with Gasteiger partial charge in [0.1, 0.15) is 13.3 Å². The molecule has 0 heterocycles. The van der Waals surface area contributed by atoms with E-state index in [-0.39, 0.29) is 6.61 Å². The highest BCUT2D eigenvalue weighted by molar-refractivity contribution is 9.09. The first-order valence-corrected chi connectivity index (χ1v) is 5.92. The summed E-state index contributed by atoms with van der Waals surface area (Å²) in [6, 6.07) is 8.63. The number of alkyl halides is 2. The fourth-order valence-electron chi connectivity index (χ4n) is 1.08. The van der Waals surface area contributed by atoms with Crippen molar-refractivity contribution < 1.29 is 13.9 Å². The van der Waals surface area contributed by atoms with Crippen LogP contribution in [0.2, 0.25) is 0 Å². The summed E-state index contributed by atoms with van der Waals surface area (Å²) >= 11 is 3.16. The Labute approximate surface area is 102 Å². The van der Waals surface area contributed by atoms with Gasteiger partial charge in [0.05, 0.1) is 5.56 Å². The molecule has 0 saturated heterocycles. The Morgan fingerprint density at radius 1 is 1.38 bits per heavy atom. The van der Waals surface area contributed by atoms with E-state index in [1.807, 2.05) is 6.07 Å². The van der Waals surface area contributed by atoms with Crippen molar-refractivity contribution in [1.29, 1.82) is 0 Å². The second-order valence-electron chi connectivity index (χ2n) is 3.09. The SMILES string of the molecule is O=C(OC/C(=C/CBr)CF)c1ccccc1. The molecule has 0 saturated carbocycles. The molecule has 0 radical (unpaired) electrons. The summed E-state index contributed by atoms with van der Waals surface area (Å²) in [6.07, 6.45) is 1.65. The predicted molar refractivity (Wildman–Crippen MR) is 64.6 cm³/mol. The number of allylic oxidation sites excluding steroid dienone is 1. The molecule has 0 spiro atoms. The third-order valence-electron chi connectivity index (χ3n) is 1.94. The van der Waals surface area contributed by atoms with E-state index in [9.17, 15) is 9.18 Å². The van der Waals surface area contributed by atoms with Crippen LogP contribution in [0.1, 0.15) is 10.4 Å². The van der Waals surface area contributed by atoms with E-state index in [1.54, 1.807) is 30.3 Å². The maximum Gasteiger partial charge on any atom is 0.338 e. The van der Waals surface area contributed by atoms with E-state index < -0.39 is 12.6 Å². The summed E-state index contributed by atoms with van der Waals surface area (Å²) in [7, 11) is 0. The third-order valence-corrected chi connectivity index (χ3v) is 2.26. The molecule has 1 aromatic rings. The lowest BCUT2D eigenvalue weighted by Gasteiger charge is -2.05. The maximum atomic E-state index is 12.4. The zero-order valence-electron chi connectivity index (χ0n) is 8.66. The fraction of sp³-hybridized carbons (Fsp3) is 0.250. The van der Waals surface area contributed by atoms with Crippen molar-refractivity contribution in [3.8, 4) is 0 Å². The first-order valence-electron chi connectivity index (χ1n) is 4.80. The molecule has 0 aromatic heterocycles. The molecule has 1 rings (SSSR count). The Morgan fingerprint density at radius 2 is 2.06 bits per heavy atom. The summed E-state index contributed by atoms with van der Waals surface area (Å²) < 4.78 is 17.4. The minimum Gasteiger partial charge on any atom is -0.457 e. The quantitative estimate of drug-likeness (QED) is 0.472. The second-order valence-corrected chi connectivity index (χ2v) is 3.74. The number of carbonyl (C=O) groups excluding carboxylic acids is 1. The normalized spacial score (nSPS) is 11.2. The molecule has 0 amide bonds. The number of halogens is 2. The zero-order chi connectivity index (χ0) is 11.8. The summed E-state index contributed by atoms with van der Waals surface area (Å²) in [5, 5.41) is 0.551. The van der Waals surface area contributed by atoms with Crippen LogP contribution in [0.4, 0.5) is 4.39 Å². The number of rotatable bonds is 5. The number of esters is 1. The number of carbonyl (C=O) groups is 1. The second kappa shape index (κ2) is 7.17. The van der Waals surface area contributed by atoms with Crippen molar-refractivity contribution in [1.82, 2.24) is 0 Å². The largest absolute Gasteiger partial charge is 0.457 e. The number of ether oxygens (including phenoxy) is 1. The Kier molecular flexibility index (Phi) is 5.78. The van der Waals surface area contributed by atoms with Gasteiger partial charge in [-0.2, -0.15) is 0 Å². The lowest BCUT2D eigenvalue weighted by Crippen LogP contribution is -2.08. The van der Waals surface area contributed by atoms with Gasteiger partial charge < -0.3 is 4.74 Å². The smallest absolute Gasteiger partial charge is 0.338 e. The molecule has 0 aliphatic rings. The van der Waals surface area contributed by atoms with E-state index in [2.05, 4.69) is 15.9 Å². The van der Waals surface area contributed by atoms with Crippen LogP contribution >= 0.6 is 15.9 Å². The van der Waals surface area contributed by atoms with E-state index in [1.165, 1.54) is 0 Å². The van der Waals surface area contributed by atoms with Crippen LogP contribution in [0.25, 0.3) is 0 Å². The molecular weight excluding hydrogens is 275 g/mol. The number of hydrogen-bond acceptors (Lipinski definition) is 2. The Morgan fingerprint density at radius 3 is 2.62 bits per heavy atom. The highest BCUT2D eigenvalue weighted by atomic mass is 79.9. The molecule has 0 unspecified atom stereocenters. The first kappa shape index (κ1) is 12.9. The van der Waals surface area contributed by atoms with Crippen LogP contribution in [0.3, 0.4) is 0 Å². The van der Waals surface area contributed by atoms with Crippen LogP contribution in [-0.2, 0) is 4.74 Å². The van der Waals surface area contributed by atoms with Gasteiger partial charge in [-0.25, -0.2) is 9.18 Å². The summed E-state index contributed by atoms with van der Waals surface area (Å²) in [6.45, 7) is -0.608. The lowest BCUT2D eigenvalue weighted by molar-refractivity contribution is 0.0536. The minimum absolute atomic E-state index is 0.00414. The Balaban J connectivity index is 2.50. The topological polar surface area (TPSA) is 26.3 Å². The predicted octanol–water partition coefficient (Wildman–Crippen LogP) is 3.13. The Hall–Kier alpha value is -1.16. The molecule has 0 atom stereocenters. The highest BCUT2D eigenvalue weighted by Crippen LogP contribution is 2.04. The summed E-state index contributed by atoms with van der Waals surface area (Å²) in [5.41, 5.74) is 0.931. The molecule has 2 nitrogen and oxygen atoms in total. The highest BCUT2D eigenvalue weighted by Gasteiger charge is 2.06. The molecule has 16 heavy (non-hydrogen) atoms. The summed E-state index contributed by atoms with van der Waals surface area (Å²) in [4.78, 5) is 11.5. The number of benzene rings is 1. The molecule has 0 fully saturated rings. The van der Waals surface area contributed by atoms with Gasteiger partial charge in [-0.15, -0.1) is 0 Å². The van der Waals surface area contributed by atoms with E-state index in [4.69, 9.17) is 4.74 Å². The van der Waals surface area contributed by atoms with Crippen LogP contribution in [-0.4, -0.2) is 24.6 Å². The van der Waals surface area contributed by atoms with E-state index >= 15 is 0 Å². The third kappa shape index (κ3) is 4.14. The van der Waals surface area contributed by atoms with Crippen molar-refractivity contribution in [3.05, 3.63) is 47.5 Å². The van der Waals surface area contributed by atoms with Gasteiger partial charge in [0.2, 0.25) is 0 Å². The van der Waals surface area contributed by atoms with Crippen molar-refractivity contribution in [2.75, 3.05) is 18.6 Å². The molecule has 0 bridgehead atoms. The van der Waals surface area contributed by atoms with Crippen molar-refractivity contribution in [2.24, 2.45) is 0 Å². The molecule has 0 aliphatic heterocycles. The van der Waals surface area contributed by atoms with Crippen molar-refractivity contribution >= 4 is 21.9 Å². The Bertz CT molecular complexity index is 363. The molecular formula is C12H12BrFO2. The average molecular weight is 287 g/mol. The van der Waals surface area contributed by atoms with Crippen LogP contribution < -0.4 is 0 Å². The van der Waals surface area contributed by atoms with Crippen LogP contribution in [0, 0.1) is 0 Å². The molecule has 4 heteroatoms. The van der Waals surface area contributed by atoms with Crippen LogP contribution in [0.5, 0.6) is 0 Å². The van der Waals surface area contributed by atoms with Gasteiger partial charge in [0, 0.05) is 5.33 Å². The summed E-state index contributed by atoms with van der Waals surface area (Å²) in [5.74, 6) is -0.436. The molecule has 86 valence electrons. The van der Waals surface area contributed by atoms with Crippen molar-refractivity contribution in [3.63, 3.8) is 0 Å². The zero-order valence-corrected chi connectivity index (χ0v) is 10.2. The fourth-order valence-corrected chi connectivity index (χ4v) is 1.53. The van der Waals surface area contributed by atoms with E-state index in [0.29, 0.717) is 16.5 Å². The number of hydrogen-bond donors (Lipinski definition) is 0. The van der Waals surface area contributed by atoms with Gasteiger partial charge in [-0.05, 0) is 17.7 Å². The van der Waals surface area contributed by atoms with Gasteiger partial charge in [0.25, 0.3) is 0 Å². The standard InChI is InChI=1S/C12H12BrFO2/c13-7-6-10(8-14)9-16-12(15)11-4-2-1-3-5-11/h1-6H,7-9H2/b10-6+. The molecule has 0 N–H and O–H groups in total. The van der Waals surface area contributed by atoms with E-state index in [0.717, 1.165) is 0 Å². The average Bonchev–Trinajstić information content (AvgIpc) is 2.35. The van der Waals surface area contributed by atoms with Gasteiger partial charge in [0.15, 0.2) is 0 Å². The maximum absolute atomic E-state index is 12.4. The first-order chi connectivity index (χ1) is 7.77. The lowest BCUT2D eigenvalue weighted by atomic mass is 10.2. The monoisotopic (exact) mass is 286 g/mol. The molecule has 1 aromatic carbocycles. The van der Waals surface area contributed by atoms with Gasteiger partial charge in [-0.3, -0.25) is 0 Å². The molecule has 0 aliphatic carbocycles. The van der Waals surface area contributed by atoms with Gasteiger partial charge in [-0.1, -0.05) is 40.2 Å².